The van der Waals surface area contributed by atoms with Crippen LogP contribution in [0.1, 0.15) is 46.1 Å². The van der Waals surface area contributed by atoms with Crippen LogP contribution < -0.4 is 21.7 Å². The van der Waals surface area contributed by atoms with E-state index >= 15 is 0 Å². The number of carboxylic acid groups (broad SMARTS) is 2. The maximum atomic E-state index is 13.1. The van der Waals surface area contributed by atoms with Gasteiger partial charge in [0, 0.05) is 12.8 Å². The maximum absolute atomic E-state index is 13.1. The smallest absolute Gasteiger partial charge is 0.326 e. The van der Waals surface area contributed by atoms with Crippen molar-refractivity contribution in [2.45, 2.75) is 71.1 Å². The first kappa shape index (κ1) is 30.4. The van der Waals surface area contributed by atoms with Crippen LogP contribution in [-0.2, 0) is 30.4 Å². The molecule has 12 heteroatoms. The topological polar surface area (TPSA) is 208 Å². The summed E-state index contributed by atoms with van der Waals surface area (Å²) in [6, 6.07) is 1.32. The normalized spacial score (nSPS) is 14.4. The molecule has 4 unspecified atom stereocenters. The van der Waals surface area contributed by atoms with E-state index in [0.29, 0.717) is 5.56 Å². The van der Waals surface area contributed by atoms with Gasteiger partial charge in [-0.2, -0.15) is 0 Å². The van der Waals surface area contributed by atoms with E-state index in [1.807, 2.05) is 0 Å². The Bertz CT molecular complexity index is 933. The molecule has 0 fully saturated rings. The Morgan fingerprint density at radius 2 is 1.33 bits per heavy atom. The lowest BCUT2D eigenvalue weighted by molar-refractivity contribution is -0.143. The van der Waals surface area contributed by atoms with Crippen LogP contribution in [0.2, 0.25) is 0 Å². The molecule has 0 saturated heterocycles. The summed E-state index contributed by atoms with van der Waals surface area (Å²) < 4.78 is 0. The maximum Gasteiger partial charge on any atom is 0.326 e. The van der Waals surface area contributed by atoms with Gasteiger partial charge < -0.3 is 37.0 Å². The zero-order chi connectivity index (χ0) is 27.6. The third-order valence-corrected chi connectivity index (χ3v) is 5.49. The second kappa shape index (κ2) is 14.0. The number of amides is 3. The Balaban J connectivity index is 3.10. The summed E-state index contributed by atoms with van der Waals surface area (Å²) in [5.41, 5.74) is 6.33. The molecule has 200 valence electrons. The molecule has 0 aliphatic carbocycles. The summed E-state index contributed by atoms with van der Waals surface area (Å²) in [6.07, 6.45) is -0.451. The van der Waals surface area contributed by atoms with Crippen LogP contribution >= 0.6 is 0 Å². The molecular weight excluding hydrogens is 472 g/mol. The summed E-state index contributed by atoms with van der Waals surface area (Å²) in [6.45, 7) is 6.60. The van der Waals surface area contributed by atoms with Crippen LogP contribution in [0.25, 0.3) is 0 Å². The molecule has 1 aromatic carbocycles. The molecule has 1 aromatic rings. The van der Waals surface area contributed by atoms with Crippen molar-refractivity contribution in [2.75, 3.05) is 0 Å². The summed E-state index contributed by atoms with van der Waals surface area (Å²) in [7, 11) is 0. The second-order valence-corrected chi connectivity index (χ2v) is 9.27. The van der Waals surface area contributed by atoms with E-state index in [4.69, 9.17) is 10.8 Å². The molecule has 36 heavy (non-hydrogen) atoms. The Labute approximate surface area is 209 Å². The highest BCUT2D eigenvalue weighted by Crippen LogP contribution is 2.13. The molecule has 0 bridgehead atoms. The highest BCUT2D eigenvalue weighted by molar-refractivity contribution is 5.94. The molecule has 0 aliphatic rings. The molecule has 4 atom stereocenters. The molecular formula is C24H36N4O8. The van der Waals surface area contributed by atoms with Gasteiger partial charge in [-0.25, -0.2) is 4.79 Å². The summed E-state index contributed by atoms with van der Waals surface area (Å²) in [5, 5.41) is 35.3. The largest absolute Gasteiger partial charge is 0.508 e. The van der Waals surface area contributed by atoms with Gasteiger partial charge in [-0.3, -0.25) is 19.2 Å². The molecule has 1 rings (SSSR count). The molecule has 0 saturated carbocycles. The number of carbonyl (C=O) groups excluding carboxylic acids is 3. The van der Waals surface area contributed by atoms with Crippen LogP contribution in [-0.4, -0.2) is 69.1 Å². The van der Waals surface area contributed by atoms with Crippen molar-refractivity contribution in [3.05, 3.63) is 29.8 Å². The average Bonchev–Trinajstić information content (AvgIpc) is 2.79. The van der Waals surface area contributed by atoms with Crippen molar-refractivity contribution in [3.63, 3.8) is 0 Å². The molecule has 0 heterocycles. The molecule has 0 aromatic heterocycles. The third kappa shape index (κ3) is 9.90. The minimum Gasteiger partial charge on any atom is -0.508 e. The van der Waals surface area contributed by atoms with Crippen molar-refractivity contribution in [1.82, 2.24) is 16.0 Å². The van der Waals surface area contributed by atoms with Crippen LogP contribution in [0, 0.1) is 11.8 Å². The lowest BCUT2D eigenvalue weighted by Crippen LogP contribution is -2.59. The van der Waals surface area contributed by atoms with Gasteiger partial charge in [0.2, 0.25) is 17.7 Å². The molecule has 0 radical (unpaired) electrons. The van der Waals surface area contributed by atoms with Crippen molar-refractivity contribution >= 4 is 29.7 Å². The number of benzene rings is 1. The van der Waals surface area contributed by atoms with Crippen LogP contribution in [0.3, 0.4) is 0 Å². The Morgan fingerprint density at radius 1 is 0.806 bits per heavy atom. The Hall–Kier alpha value is -3.67. The third-order valence-electron chi connectivity index (χ3n) is 5.49. The molecule has 0 aliphatic heterocycles. The van der Waals surface area contributed by atoms with Gasteiger partial charge in [0.15, 0.2) is 0 Å². The number of carboxylic acids is 2. The summed E-state index contributed by atoms with van der Waals surface area (Å²) >= 11 is 0. The van der Waals surface area contributed by atoms with Crippen molar-refractivity contribution in [2.24, 2.45) is 17.6 Å². The first-order chi connectivity index (χ1) is 16.7. The van der Waals surface area contributed by atoms with Crippen molar-refractivity contribution < 1.29 is 39.3 Å². The number of aliphatic carboxylic acids is 2. The number of nitrogens with two attached hydrogens (primary N) is 1. The fourth-order valence-electron chi connectivity index (χ4n) is 3.31. The zero-order valence-electron chi connectivity index (χ0n) is 20.9. The van der Waals surface area contributed by atoms with Gasteiger partial charge in [-0.05, 0) is 36.0 Å². The number of carbonyl (C=O) groups is 5. The lowest BCUT2D eigenvalue weighted by Gasteiger charge is -2.27. The number of hydrogen-bond donors (Lipinski definition) is 7. The number of aromatic hydroxyl groups is 1. The lowest BCUT2D eigenvalue weighted by atomic mass is 9.99. The van der Waals surface area contributed by atoms with E-state index in [1.54, 1.807) is 39.8 Å². The minimum absolute atomic E-state index is 0.0105. The Morgan fingerprint density at radius 3 is 1.81 bits per heavy atom. The number of hydrogen-bond acceptors (Lipinski definition) is 7. The number of rotatable bonds is 14. The fraction of sp³-hybridized carbons (Fsp3) is 0.542. The van der Waals surface area contributed by atoms with Gasteiger partial charge in [-0.1, -0.05) is 39.8 Å². The van der Waals surface area contributed by atoms with Gasteiger partial charge in [-0.15, -0.1) is 0 Å². The number of phenolic OH excluding ortho intramolecular Hbond substituents is 1. The SMILES string of the molecule is CC(C)C(NC(=O)C(Cc1ccc(O)cc1)NC(=O)C(NC(=O)C(N)CCC(=O)O)C(C)C)C(=O)O. The standard InChI is InChI=1S/C24H36N4O8/c1-12(2)19(27-21(32)16(25)9-10-18(30)31)23(34)26-17(11-14-5-7-15(29)8-6-14)22(33)28-20(13(3)4)24(35)36/h5-8,12-13,16-17,19-20,29H,9-11,25H2,1-4H3,(H,26,34)(H,27,32)(H,28,33)(H,30,31)(H,35,36). The molecule has 0 spiro atoms. The molecule has 3 amide bonds. The average molecular weight is 509 g/mol. The predicted molar refractivity (Wildman–Crippen MR) is 130 cm³/mol. The van der Waals surface area contributed by atoms with Crippen molar-refractivity contribution in [3.8, 4) is 5.75 Å². The number of phenols is 1. The van der Waals surface area contributed by atoms with E-state index in [1.165, 1.54) is 12.1 Å². The summed E-state index contributed by atoms with van der Waals surface area (Å²) in [4.78, 5) is 60.9. The van der Waals surface area contributed by atoms with Crippen LogP contribution in [0.15, 0.2) is 24.3 Å². The van der Waals surface area contributed by atoms with E-state index in [2.05, 4.69) is 16.0 Å². The minimum atomic E-state index is -1.23. The first-order valence-electron chi connectivity index (χ1n) is 11.6. The highest BCUT2D eigenvalue weighted by Gasteiger charge is 2.32. The van der Waals surface area contributed by atoms with Gasteiger partial charge in [0.1, 0.15) is 23.9 Å². The van der Waals surface area contributed by atoms with E-state index in [9.17, 15) is 34.2 Å². The molecule has 8 N–H and O–H groups in total. The van der Waals surface area contributed by atoms with E-state index in [0.717, 1.165) is 0 Å². The van der Waals surface area contributed by atoms with E-state index in [-0.39, 0.29) is 25.0 Å². The molecule has 12 nitrogen and oxygen atoms in total. The zero-order valence-corrected chi connectivity index (χ0v) is 20.9. The summed E-state index contributed by atoms with van der Waals surface area (Å²) in [5.74, 6) is -5.31. The van der Waals surface area contributed by atoms with Crippen LogP contribution in [0.5, 0.6) is 5.75 Å². The van der Waals surface area contributed by atoms with Gasteiger partial charge in [0.05, 0.1) is 6.04 Å². The monoisotopic (exact) mass is 508 g/mol. The predicted octanol–water partition coefficient (Wildman–Crippen LogP) is -0.0222. The van der Waals surface area contributed by atoms with E-state index < -0.39 is 65.7 Å². The fourth-order valence-corrected chi connectivity index (χ4v) is 3.31. The second-order valence-electron chi connectivity index (χ2n) is 9.27. The van der Waals surface area contributed by atoms with Crippen molar-refractivity contribution in [1.29, 1.82) is 0 Å². The van der Waals surface area contributed by atoms with Gasteiger partial charge >= 0.3 is 11.9 Å². The van der Waals surface area contributed by atoms with Gasteiger partial charge in [0.25, 0.3) is 0 Å². The first-order valence-corrected chi connectivity index (χ1v) is 11.6. The van der Waals surface area contributed by atoms with Crippen LogP contribution in [0.4, 0.5) is 0 Å². The highest BCUT2D eigenvalue weighted by atomic mass is 16.4. The number of nitrogens with one attached hydrogen (secondary N) is 3. The quantitative estimate of drug-likeness (QED) is 0.180. The Kier molecular flexibility index (Phi) is 11.8.